The van der Waals surface area contributed by atoms with Gasteiger partial charge in [0.1, 0.15) is 0 Å². The molecule has 0 atom stereocenters. The van der Waals surface area contributed by atoms with Crippen LogP contribution in [0.25, 0.3) is 67.2 Å². The molecule has 1 aliphatic carbocycles. The minimum atomic E-state index is -0.534. The molecule has 1 aromatic heterocycles. The molecule has 12 rings (SSSR count). The fourth-order valence-electron chi connectivity index (χ4n) is 9.24. The maximum Gasteiger partial charge on any atom is 0.177 e. The third kappa shape index (κ3) is 5.66. The van der Waals surface area contributed by atoms with Crippen molar-refractivity contribution in [1.29, 1.82) is 0 Å². The van der Waals surface area contributed by atoms with Crippen LogP contribution in [0.1, 0.15) is 22.3 Å². The van der Waals surface area contributed by atoms with Gasteiger partial charge < -0.3 is 9.47 Å². The van der Waals surface area contributed by atoms with Gasteiger partial charge in [-0.3, -0.25) is 0 Å². The predicted octanol–water partition coefficient (Wildman–Crippen LogP) is 14.0. The lowest BCUT2D eigenvalue weighted by Crippen LogP contribution is -2.28. The van der Waals surface area contributed by atoms with Crippen LogP contribution in [0.2, 0.25) is 0 Å². The monoisotopic (exact) mass is 781 g/mol. The third-order valence-corrected chi connectivity index (χ3v) is 12.1. The van der Waals surface area contributed by atoms with Crippen LogP contribution < -0.4 is 9.47 Å². The first-order valence-corrected chi connectivity index (χ1v) is 20.5. The molecular weight excluding hydrogens is 747 g/mol. The quantitative estimate of drug-likeness (QED) is 0.168. The maximum atomic E-state index is 6.90. The van der Waals surface area contributed by atoms with Crippen molar-refractivity contribution in [3.63, 3.8) is 0 Å². The molecule has 5 heteroatoms. The molecule has 5 nitrogen and oxygen atoms in total. The van der Waals surface area contributed by atoms with Gasteiger partial charge in [0, 0.05) is 22.3 Å². The number of para-hydroxylation sites is 1. The van der Waals surface area contributed by atoms with Crippen molar-refractivity contribution in [3.05, 3.63) is 235 Å². The van der Waals surface area contributed by atoms with Crippen LogP contribution in [0, 0.1) is 0 Å². The third-order valence-electron chi connectivity index (χ3n) is 12.1. The Morgan fingerprint density at radius 3 is 1.57 bits per heavy atom. The zero-order valence-electron chi connectivity index (χ0n) is 32.9. The van der Waals surface area contributed by atoms with Gasteiger partial charge in [0.2, 0.25) is 0 Å². The number of ether oxygens (including phenoxy) is 2. The number of nitrogens with zero attached hydrogens (tertiary/aromatic N) is 3. The smallest absolute Gasteiger partial charge is 0.177 e. The van der Waals surface area contributed by atoms with E-state index in [0.29, 0.717) is 40.5 Å². The van der Waals surface area contributed by atoms with Crippen LogP contribution in [0.4, 0.5) is 0 Å². The Balaban J connectivity index is 0.929. The number of fused-ring (bicyclic) bond motifs is 6. The Morgan fingerprint density at radius 2 is 0.852 bits per heavy atom. The average molecular weight is 782 g/mol. The molecule has 0 radical (unpaired) electrons. The zero-order chi connectivity index (χ0) is 40.3. The molecule has 2 aliphatic rings. The number of aromatic nitrogens is 3. The van der Waals surface area contributed by atoms with Gasteiger partial charge >= 0.3 is 0 Å². The second-order valence-electron chi connectivity index (χ2n) is 15.5. The van der Waals surface area contributed by atoms with Crippen molar-refractivity contribution in [3.8, 4) is 79.4 Å². The minimum Gasteiger partial charge on any atom is -0.449 e. The molecule has 0 N–H and O–H groups in total. The van der Waals surface area contributed by atoms with Gasteiger partial charge in [-0.2, -0.15) is 0 Å². The summed E-state index contributed by atoms with van der Waals surface area (Å²) in [7, 11) is 0. The number of hydrogen-bond donors (Lipinski definition) is 0. The molecule has 0 fully saturated rings. The van der Waals surface area contributed by atoms with Crippen LogP contribution in [-0.4, -0.2) is 15.0 Å². The van der Waals surface area contributed by atoms with E-state index >= 15 is 0 Å². The number of hydrogen-bond acceptors (Lipinski definition) is 5. The van der Waals surface area contributed by atoms with E-state index in [1.807, 2.05) is 42.5 Å². The second kappa shape index (κ2) is 14.0. The van der Waals surface area contributed by atoms with Crippen LogP contribution in [0.5, 0.6) is 23.0 Å². The van der Waals surface area contributed by atoms with E-state index in [0.717, 1.165) is 38.8 Å². The maximum absolute atomic E-state index is 6.90. The highest BCUT2D eigenvalue weighted by molar-refractivity contribution is 5.89. The van der Waals surface area contributed by atoms with Crippen LogP contribution in [0.15, 0.2) is 212 Å². The summed E-state index contributed by atoms with van der Waals surface area (Å²) >= 11 is 0. The largest absolute Gasteiger partial charge is 0.449 e. The highest BCUT2D eigenvalue weighted by atomic mass is 16.6. The summed E-state index contributed by atoms with van der Waals surface area (Å²) in [5.41, 5.74) is 11.2. The van der Waals surface area contributed by atoms with Crippen molar-refractivity contribution in [1.82, 2.24) is 15.0 Å². The summed E-state index contributed by atoms with van der Waals surface area (Å²) in [5.74, 6) is 4.56. The second-order valence-corrected chi connectivity index (χ2v) is 15.5. The Bertz CT molecular complexity index is 3260. The molecule has 0 saturated carbocycles. The Labute approximate surface area is 353 Å². The SMILES string of the molecule is c1ccc(-c2nc(-c3ccc(-c4cccc5c4Oc4cc6c(cc4O5)C(c4ccccc4)(c4ccccc4)c4ccccc4-6)cc3)nc(-c3ccc4ccccc4c3)n2)cc1. The summed E-state index contributed by atoms with van der Waals surface area (Å²) in [6, 6.07) is 73.8. The molecule has 0 spiro atoms. The summed E-state index contributed by atoms with van der Waals surface area (Å²) in [6.07, 6.45) is 0. The molecule has 1 aliphatic heterocycles. The standard InChI is InChI=1S/C56H35N3O2/c1-4-16-38(17-5-1)53-57-54(59-55(58-53)41-32-27-36-15-10-11-18-40(36)33-41)39-30-28-37(29-31-39)44-24-14-26-49-52(44)61-50-34-46-45-23-12-13-25-47(45)56(42-19-6-2-7-20-42,43-21-8-3-9-22-43)48(46)35-51(50)60-49/h1-35H. The Kier molecular flexibility index (Phi) is 8.00. The fraction of sp³-hybridized carbons (Fsp3) is 0.0179. The molecular formula is C56H35N3O2. The van der Waals surface area contributed by atoms with E-state index < -0.39 is 5.41 Å². The lowest BCUT2D eigenvalue weighted by Gasteiger charge is -2.34. The highest BCUT2D eigenvalue weighted by Gasteiger charge is 2.47. The molecule has 10 aromatic rings. The van der Waals surface area contributed by atoms with Crippen LogP contribution >= 0.6 is 0 Å². The van der Waals surface area contributed by atoms with E-state index in [2.05, 4.69) is 170 Å². The Hall–Kier alpha value is -8.15. The summed E-state index contributed by atoms with van der Waals surface area (Å²) in [6.45, 7) is 0. The molecule has 61 heavy (non-hydrogen) atoms. The molecule has 2 heterocycles. The van der Waals surface area contributed by atoms with Gasteiger partial charge in [-0.1, -0.05) is 188 Å². The van der Waals surface area contributed by atoms with Crippen molar-refractivity contribution >= 4 is 10.8 Å². The summed E-state index contributed by atoms with van der Waals surface area (Å²) in [5, 5.41) is 2.30. The molecule has 0 bridgehead atoms. The molecule has 0 saturated heterocycles. The van der Waals surface area contributed by atoms with Crippen LogP contribution in [-0.2, 0) is 5.41 Å². The van der Waals surface area contributed by atoms with Gasteiger partial charge in [-0.15, -0.1) is 0 Å². The highest BCUT2D eigenvalue weighted by Crippen LogP contribution is 2.60. The van der Waals surface area contributed by atoms with Gasteiger partial charge in [0.25, 0.3) is 0 Å². The van der Waals surface area contributed by atoms with E-state index in [1.165, 1.54) is 33.2 Å². The van der Waals surface area contributed by atoms with E-state index in [-0.39, 0.29) is 0 Å². The van der Waals surface area contributed by atoms with Crippen molar-refractivity contribution < 1.29 is 9.47 Å². The van der Waals surface area contributed by atoms with E-state index in [1.54, 1.807) is 0 Å². The van der Waals surface area contributed by atoms with Gasteiger partial charge in [0.05, 0.1) is 5.41 Å². The first kappa shape index (κ1) is 34.9. The lowest BCUT2D eigenvalue weighted by molar-refractivity contribution is 0.360. The average Bonchev–Trinajstić information content (AvgIpc) is 3.62. The van der Waals surface area contributed by atoms with Gasteiger partial charge in [-0.25, -0.2) is 15.0 Å². The molecule has 286 valence electrons. The molecule has 9 aromatic carbocycles. The van der Waals surface area contributed by atoms with E-state index in [4.69, 9.17) is 24.4 Å². The first-order valence-electron chi connectivity index (χ1n) is 20.5. The normalized spacial score (nSPS) is 13.0. The molecule has 0 unspecified atom stereocenters. The fourth-order valence-corrected chi connectivity index (χ4v) is 9.24. The predicted molar refractivity (Wildman–Crippen MR) is 243 cm³/mol. The summed E-state index contributed by atoms with van der Waals surface area (Å²) in [4.78, 5) is 15.0. The Morgan fingerprint density at radius 1 is 0.311 bits per heavy atom. The number of benzene rings is 9. The first-order chi connectivity index (χ1) is 30.2. The summed E-state index contributed by atoms with van der Waals surface area (Å²) < 4.78 is 13.7. The van der Waals surface area contributed by atoms with Crippen molar-refractivity contribution in [2.75, 3.05) is 0 Å². The van der Waals surface area contributed by atoms with E-state index in [9.17, 15) is 0 Å². The van der Waals surface area contributed by atoms with Gasteiger partial charge in [0.15, 0.2) is 40.5 Å². The van der Waals surface area contributed by atoms with Crippen molar-refractivity contribution in [2.45, 2.75) is 5.41 Å². The molecule has 0 amide bonds. The minimum absolute atomic E-state index is 0.534. The zero-order valence-corrected chi connectivity index (χ0v) is 32.9. The topological polar surface area (TPSA) is 57.1 Å². The van der Waals surface area contributed by atoms with Crippen LogP contribution in [0.3, 0.4) is 0 Å². The lowest BCUT2D eigenvalue weighted by atomic mass is 9.67. The van der Waals surface area contributed by atoms with Crippen molar-refractivity contribution in [2.24, 2.45) is 0 Å². The number of rotatable bonds is 6. The van der Waals surface area contributed by atoms with Gasteiger partial charge in [-0.05, 0) is 74.0 Å².